The quantitative estimate of drug-likeness (QED) is 0.752. The summed E-state index contributed by atoms with van der Waals surface area (Å²) in [6, 6.07) is 1.40. The lowest BCUT2D eigenvalue weighted by molar-refractivity contribution is 0.154. The second-order valence-corrected chi connectivity index (χ2v) is 5.64. The molecule has 1 heterocycles. The van der Waals surface area contributed by atoms with Crippen LogP contribution in [0.5, 0.6) is 0 Å². The van der Waals surface area contributed by atoms with Crippen molar-refractivity contribution in [2.45, 2.75) is 58.0 Å². The van der Waals surface area contributed by atoms with E-state index >= 15 is 0 Å². The molecule has 2 atom stereocenters. The third-order valence-corrected chi connectivity index (χ3v) is 4.07. The van der Waals surface area contributed by atoms with Gasteiger partial charge in [-0.2, -0.15) is 0 Å². The van der Waals surface area contributed by atoms with Gasteiger partial charge >= 0.3 is 0 Å². The van der Waals surface area contributed by atoms with Crippen molar-refractivity contribution in [3.05, 3.63) is 0 Å². The first-order valence-electron chi connectivity index (χ1n) is 6.72. The van der Waals surface area contributed by atoms with Gasteiger partial charge in [-0.1, -0.05) is 6.42 Å². The fourth-order valence-electron chi connectivity index (χ4n) is 2.74. The van der Waals surface area contributed by atoms with Crippen molar-refractivity contribution < 1.29 is 0 Å². The number of nitrogens with one attached hydrogen (secondary N) is 1. The summed E-state index contributed by atoms with van der Waals surface area (Å²) in [7, 11) is 0. The Morgan fingerprint density at radius 3 is 2.07 bits per heavy atom. The number of hydrogen-bond donors (Lipinski definition) is 1. The summed E-state index contributed by atoms with van der Waals surface area (Å²) in [5.41, 5.74) is 0. The van der Waals surface area contributed by atoms with E-state index in [2.05, 4.69) is 24.1 Å². The summed E-state index contributed by atoms with van der Waals surface area (Å²) in [5.74, 6) is 1.03. The Morgan fingerprint density at radius 1 is 1.00 bits per heavy atom. The van der Waals surface area contributed by atoms with Crippen LogP contribution in [-0.2, 0) is 0 Å². The third kappa shape index (κ3) is 3.46. The van der Waals surface area contributed by atoms with E-state index in [-0.39, 0.29) is 0 Å². The van der Waals surface area contributed by atoms with Gasteiger partial charge in [0.25, 0.3) is 0 Å². The maximum atomic E-state index is 3.66. The molecule has 88 valence electrons. The van der Waals surface area contributed by atoms with Crippen molar-refractivity contribution in [1.29, 1.82) is 0 Å². The summed E-state index contributed by atoms with van der Waals surface area (Å²) < 4.78 is 0. The second kappa shape index (κ2) is 5.31. The fourth-order valence-corrected chi connectivity index (χ4v) is 2.74. The Kier molecular flexibility index (Phi) is 4.04. The molecule has 0 aromatic heterocycles. The van der Waals surface area contributed by atoms with Crippen LogP contribution in [0.3, 0.4) is 0 Å². The molecule has 2 aliphatic rings. The summed E-state index contributed by atoms with van der Waals surface area (Å²) >= 11 is 0. The Bertz CT molecular complexity index is 177. The predicted octanol–water partition coefficient (Wildman–Crippen LogP) is 2.25. The molecule has 0 spiro atoms. The molecule has 2 nitrogen and oxygen atoms in total. The lowest BCUT2D eigenvalue weighted by atomic mass is 9.85. The van der Waals surface area contributed by atoms with Gasteiger partial charge in [-0.05, 0) is 58.5 Å². The van der Waals surface area contributed by atoms with E-state index in [4.69, 9.17) is 0 Å². The first-order valence-corrected chi connectivity index (χ1v) is 6.72. The average molecular weight is 210 g/mol. The third-order valence-electron chi connectivity index (χ3n) is 4.07. The molecule has 2 unspecified atom stereocenters. The van der Waals surface area contributed by atoms with Gasteiger partial charge in [0.1, 0.15) is 0 Å². The highest BCUT2D eigenvalue weighted by Crippen LogP contribution is 2.27. The molecule has 15 heavy (non-hydrogen) atoms. The van der Waals surface area contributed by atoms with Crippen molar-refractivity contribution in [2.24, 2.45) is 5.92 Å². The van der Waals surface area contributed by atoms with Crippen molar-refractivity contribution in [1.82, 2.24) is 10.2 Å². The standard InChI is InChI=1S/C13H26N2/c1-11-6-8-15(9-7-12(2)14-11)10-13-4-3-5-13/h11-14H,3-10H2,1-2H3. The first-order chi connectivity index (χ1) is 7.24. The molecule has 1 N–H and O–H groups in total. The van der Waals surface area contributed by atoms with Crippen LogP contribution in [0.4, 0.5) is 0 Å². The van der Waals surface area contributed by atoms with Crippen molar-refractivity contribution >= 4 is 0 Å². The van der Waals surface area contributed by atoms with E-state index in [1.54, 1.807) is 0 Å². The average Bonchev–Trinajstić information content (AvgIpc) is 2.11. The molecule has 1 saturated heterocycles. The van der Waals surface area contributed by atoms with Gasteiger partial charge in [-0.25, -0.2) is 0 Å². The monoisotopic (exact) mass is 210 g/mol. The zero-order chi connectivity index (χ0) is 10.7. The molecule has 1 aliphatic heterocycles. The van der Waals surface area contributed by atoms with Gasteiger partial charge in [0, 0.05) is 18.6 Å². The predicted molar refractivity (Wildman–Crippen MR) is 65.1 cm³/mol. The van der Waals surface area contributed by atoms with E-state index in [0.717, 1.165) is 5.92 Å². The lowest BCUT2D eigenvalue weighted by Crippen LogP contribution is -2.44. The summed E-state index contributed by atoms with van der Waals surface area (Å²) in [4.78, 5) is 2.71. The van der Waals surface area contributed by atoms with Gasteiger partial charge < -0.3 is 10.2 Å². The van der Waals surface area contributed by atoms with Gasteiger partial charge in [-0.15, -0.1) is 0 Å². The lowest BCUT2D eigenvalue weighted by Gasteiger charge is -2.35. The molecule has 1 aliphatic carbocycles. The summed E-state index contributed by atoms with van der Waals surface area (Å²) in [5, 5.41) is 3.66. The minimum Gasteiger partial charge on any atom is -0.312 e. The molecule has 2 heteroatoms. The largest absolute Gasteiger partial charge is 0.312 e. The van der Waals surface area contributed by atoms with E-state index in [9.17, 15) is 0 Å². The molecule has 1 saturated carbocycles. The van der Waals surface area contributed by atoms with Gasteiger partial charge in [0.05, 0.1) is 0 Å². The fraction of sp³-hybridized carbons (Fsp3) is 1.00. The van der Waals surface area contributed by atoms with Gasteiger partial charge in [0.2, 0.25) is 0 Å². The van der Waals surface area contributed by atoms with Crippen LogP contribution in [-0.4, -0.2) is 36.6 Å². The maximum absolute atomic E-state index is 3.66. The summed E-state index contributed by atoms with van der Waals surface area (Å²) in [6.45, 7) is 8.63. The van der Waals surface area contributed by atoms with Crippen LogP contribution in [0.2, 0.25) is 0 Å². The van der Waals surface area contributed by atoms with Crippen molar-refractivity contribution in [2.75, 3.05) is 19.6 Å². The van der Waals surface area contributed by atoms with Gasteiger partial charge in [0.15, 0.2) is 0 Å². The second-order valence-electron chi connectivity index (χ2n) is 5.64. The van der Waals surface area contributed by atoms with Crippen LogP contribution in [0, 0.1) is 5.92 Å². The molecule has 0 aromatic carbocycles. The van der Waals surface area contributed by atoms with Crippen LogP contribution in [0.15, 0.2) is 0 Å². The van der Waals surface area contributed by atoms with Crippen LogP contribution < -0.4 is 5.32 Å². The molecule has 0 amide bonds. The molecule has 0 bridgehead atoms. The van der Waals surface area contributed by atoms with Crippen molar-refractivity contribution in [3.8, 4) is 0 Å². The highest BCUT2D eigenvalue weighted by Gasteiger charge is 2.22. The van der Waals surface area contributed by atoms with E-state index in [1.807, 2.05) is 0 Å². The number of nitrogens with zero attached hydrogens (tertiary/aromatic N) is 1. The smallest absolute Gasteiger partial charge is 0.00533 e. The highest BCUT2D eigenvalue weighted by atomic mass is 15.1. The molecular formula is C13H26N2. The topological polar surface area (TPSA) is 15.3 Å². The molecule has 0 aromatic rings. The zero-order valence-corrected chi connectivity index (χ0v) is 10.3. The molecular weight excluding hydrogens is 184 g/mol. The van der Waals surface area contributed by atoms with E-state index in [0.29, 0.717) is 12.1 Å². The first kappa shape index (κ1) is 11.4. The number of rotatable bonds is 2. The minimum absolute atomic E-state index is 0.698. The Morgan fingerprint density at radius 2 is 1.60 bits per heavy atom. The molecule has 2 rings (SSSR count). The Balaban J connectivity index is 1.77. The molecule has 0 radical (unpaired) electrons. The van der Waals surface area contributed by atoms with E-state index < -0.39 is 0 Å². The molecule has 2 fully saturated rings. The Hall–Kier alpha value is -0.0800. The minimum atomic E-state index is 0.698. The van der Waals surface area contributed by atoms with Crippen molar-refractivity contribution in [3.63, 3.8) is 0 Å². The summed E-state index contributed by atoms with van der Waals surface area (Å²) in [6.07, 6.45) is 7.08. The van der Waals surface area contributed by atoms with Crippen LogP contribution in [0.1, 0.15) is 46.0 Å². The van der Waals surface area contributed by atoms with E-state index in [1.165, 1.54) is 51.7 Å². The number of hydrogen-bond acceptors (Lipinski definition) is 2. The SMILES string of the molecule is CC1CCN(CC2CCC2)CCC(C)N1. The normalized spacial score (nSPS) is 35.6. The Labute approximate surface area is 94.4 Å². The van der Waals surface area contributed by atoms with Gasteiger partial charge in [-0.3, -0.25) is 0 Å². The highest BCUT2D eigenvalue weighted by molar-refractivity contribution is 4.78. The zero-order valence-electron chi connectivity index (χ0n) is 10.3. The van der Waals surface area contributed by atoms with Crippen LogP contribution in [0.25, 0.3) is 0 Å². The van der Waals surface area contributed by atoms with Crippen LogP contribution >= 0.6 is 0 Å². The maximum Gasteiger partial charge on any atom is 0.00533 e.